The lowest BCUT2D eigenvalue weighted by Crippen LogP contribution is -2.05. The molecule has 5 heteroatoms. The maximum Gasteiger partial charge on any atom is 0.112 e. The number of fused-ring (bicyclic) bond motifs is 1. The van der Waals surface area contributed by atoms with Crippen LogP contribution in [0.3, 0.4) is 0 Å². The van der Waals surface area contributed by atoms with Crippen molar-refractivity contribution in [3.05, 3.63) is 51.4 Å². The summed E-state index contributed by atoms with van der Waals surface area (Å²) in [5, 5.41) is 7.72. The predicted molar refractivity (Wildman–Crippen MR) is 83.8 cm³/mol. The molecule has 0 unspecified atom stereocenters. The zero-order chi connectivity index (χ0) is 13.1. The quantitative estimate of drug-likeness (QED) is 0.780. The van der Waals surface area contributed by atoms with Crippen molar-refractivity contribution in [2.24, 2.45) is 0 Å². The van der Waals surface area contributed by atoms with Gasteiger partial charge in [0.25, 0.3) is 0 Å². The Labute approximate surface area is 123 Å². The summed E-state index contributed by atoms with van der Waals surface area (Å²) in [5.41, 5.74) is 4.21. The van der Waals surface area contributed by atoms with Gasteiger partial charge in [-0.15, -0.1) is 0 Å². The minimum absolute atomic E-state index is 0.896. The largest absolute Gasteiger partial charge is 0.383 e. The lowest BCUT2D eigenvalue weighted by molar-refractivity contribution is 1.03. The SMILES string of the molecule is Brc1cnc2c(NCCc3ccsc3)ccnc2c1. The average Bonchev–Trinajstić information content (AvgIpc) is 2.92. The summed E-state index contributed by atoms with van der Waals surface area (Å²) in [7, 11) is 0. The Morgan fingerprint density at radius 3 is 3.05 bits per heavy atom. The summed E-state index contributed by atoms with van der Waals surface area (Å²) >= 11 is 5.15. The third kappa shape index (κ3) is 2.93. The standard InChI is InChI=1S/C14H12BrN3S/c15-11-7-13-14(18-8-11)12(2-5-17-13)16-4-1-10-3-6-19-9-10/h2-3,5-9H,1,4H2,(H,16,17). The second-order valence-electron chi connectivity index (χ2n) is 4.19. The minimum Gasteiger partial charge on any atom is -0.383 e. The molecular formula is C14H12BrN3S. The van der Waals surface area contributed by atoms with E-state index in [9.17, 15) is 0 Å². The average molecular weight is 334 g/mol. The van der Waals surface area contributed by atoms with Crippen molar-refractivity contribution >= 4 is 44.0 Å². The van der Waals surface area contributed by atoms with Gasteiger partial charge in [-0.05, 0) is 56.9 Å². The van der Waals surface area contributed by atoms with Crippen molar-refractivity contribution in [3.63, 3.8) is 0 Å². The van der Waals surface area contributed by atoms with Crippen molar-refractivity contribution in [3.8, 4) is 0 Å². The second kappa shape index (κ2) is 5.67. The molecule has 0 bridgehead atoms. The number of nitrogens with zero attached hydrogens (tertiary/aromatic N) is 2. The first kappa shape index (κ1) is 12.6. The maximum atomic E-state index is 4.43. The van der Waals surface area contributed by atoms with Crippen LogP contribution < -0.4 is 5.32 Å². The van der Waals surface area contributed by atoms with E-state index in [2.05, 4.69) is 48.0 Å². The molecule has 0 saturated carbocycles. The Morgan fingerprint density at radius 1 is 1.26 bits per heavy atom. The van der Waals surface area contributed by atoms with Gasteiger partial charge in [-0.1, -0.05) is 0 Å². The van der Waals surface area contributed by atoms with Crippen molar-refractivity contribution < 1.29 is 0 Å². The number of anilines is 1. The number of rotatable bonds is 4. The van der Waals surface area contributed by atoms with E-state index in [0.29, 0.717) is 0 Å². The highest BCUT2D eigenvalue weighted by Crippen LogP contribution is 2.22. The molecule has 0 spiro atoms. The highest BCUT2D eigenvalue weighted by atomic mass is 79.9. The van der Waals surface area contributed by atoms with E-state index in [1.54, 1.807) is 17.5 Å². The van der Waals surface area contributed by atoms with Gasteiger partial charge in [0.15, 0.2) is 0 Å². The minimum atomic E-state index is 0.896. The summed E-state index contributed by atoms with van der Waals surface area (Å²) in [6, 6.07) is 6.11. The summed E-state index contributed by atoms with van der Waals surface area (Å²) in [4.78, 5) is 8.76. The molecule has 0 amide bonds. The third-order valence-electron chi connectivity index (χ3n) is 2.85. The normalized spacial score (nSPS) is 10.8. The van der Waals surface area contributed by atoms with Gasteiger partial charge >= 0.3 is 0 Å². The molecule has 3 aromatic rings. The Bertz CT molecular complexity index is 682. The van der Waals surface area contributed by atoms with Gasteiger partial charge < -0.3 is 5.32 Å². The molecule has 0 atom stereocenters. The van der Waals surface area contributed by atoms with Crippen molar-refractivity contribution in [1.29, 1.82) is 0 Å². The molecule has 0 fully saturated rings. The molecule has 0 aliphatic carbocycles. The lowest BCUT2D eigenvalue weighted by atomic mass is 10.2. The molecule has 0 aliphatic rings. The molecule has 96 valence electrons. The number of pyridine rings is 2. The van der Waals surface area contributed by atoms with Crippen LogP contribution in [0.25, 0.3) is 11.0 Å². The summed E-state index contributed by atoms with van der Waals surface area (Å²) < 4.78 is 0.947. The van der Waals surface area contributed by atoms with Crippen LogP contribution in [0.4, 0.5) is 5.69 Å². The molecule has 0 aliphatic heterocycles. The number of hydrogen-bond acceptors (Lipinski definition) is 4. The Balaban J connectivity index is 1.77. The monoisotopic (exact) mass is 333 g/mol. The first-order valence-electron chi connectivity index (χ1n) is 5.98. The van der Waals surface area contributed by atoms with Gasteiger partial charge in [0.1, 0.15) is 5.52 Å². The number of nitrogens with one attached hydrogen (secondary N) is 1. The highest BCUT2D eigenvalue weighted by Gasteiger charge is 2.03. The van der Waals surface area contributed by atoms with E-state index in [0.717, 1.165) is 34.2 Å². The number of halogens is 1. The highest BCUT2D eigenvalue weighted by molar-refractivity contribution is 9.10. The summed E-state index contributed by atoms with van der Waals surface area (Å²) in [6.45, 7) is 0.896. The molecule has 3 nitrogen and oxygen atoms in total. The van der Waals surface area contributed by atoms with Gasteiger partial charge in [0.2, 0.25) is 0 Å². The van der Waals surface area contributed by atoms with Crippen LogP contribution in [0, 0.1) is 0 Å². The fourth-order valence-electron chi connectivity index (χ4n) is 1.92. The molecule has 3 aromatic heterocycles. The lowest BCUT2D eigenvalue weighted by Gasteiger charge is -2.08. The van der Waals surface area contributed by atoms with E-state index in [4.69, 9.17) is 0 Å². The molecular weight excluding hydrogens is 322 g/mol. The maximum absolute atomic E-state index is 4.43. The Kier molecular flexibility index (Phi) is 3.75. The summed E-state index contributed by atoms with van der Waals surface area (Å²) in [6.07, 6.45) is 4.63. The zero-order valence-electron chi connectivity index (χ0n) is 10.1. The van der Waals surface area contributed by atoms with Crippen LogP contribution in [0.1, 0.15) is 5.56 Å². The van der Waals surface area contributed by atoms with E-state index >= 15 is 0 Å². The van der Waals surface area contributed by atoms with Gasteiger partial charge in [0, 0.05) is 23.4 Å². The van der Waals surface area contributed by atoms with E-state index in [1.807, 2.05) is 18.3 Å². The van der Waals surface area contributed by atoms with Crippen molar-refractivity contribution in [1.82, 2.24) is 9.97 Å². The molecule has 3 rings (SSSR count). The number of aromatic nitrogens is 2. The molecule has 0 aromatic carbocycles. The predicted octanol–water partition coefficient (Wildman–Crippen LogP) is 4.11. The van der Waals surface area contributed by atoms with Gasteiger partial charge in [-0.2, -0.15) is 11.3 Å². The van der Waals surface area contributed by atoms with Crippen LogP contribution in [0.2, 0.25) is 0 Å². The Morgan fingerprint density at radius 2 is 2.21 bits per heavy atom. The molecule has 19 heavy (non-hydrogen) atoms. The molecule has 0 saturated heterocycles. The molecule has 3 heterocycles. The van der Waals surface area contributed by atoms with Gasteiger partial charge in [-0.3, -0.25) is 9.97 Å². The van der Waals surface area contributed by atoms with E-state index in [-0.39, 0.29) is 0 Å². The first-order chi connectivity index (χ1) is 9.33. The van der Waals surface area contributed by atoms with E-state index in [1.165, 1.54) is 5.56 Å². The summed E-state index contributed by atoms with van der Waals surface area (Å²) in [5.74, 6) is 0. The van der Waals surface area contributed by atoms with Crippen LogP contribution in [0.5, 0.6) is 0 Å². The Hall–Kier alpha value is -1.46. The van der Waals surface area contributed by atoms with Crippen molar-refractivity contribution in [2.45, 2.75) is 6.42 Å². The first-order valence-corrected chi connectivity index (χ1v) is 7.72. The fraction of sp³-hybridized carbons (Fsp3) is 0.143. The zero-order valence-corrected chi connectivity index (χ0v) is 12.5. The third-order valence-corrected chi connectivity index (χ3v) is 4.02. The number of hydrogen-bond donors (Lipinski definition) is 1. The van der Waals surface area contributed by atoms with Gasteiger partial charge in [-0.25, -0.2) is 0 Å². The second-order valence-corrected chi connectivity index (χ2v) is 5.88. The van der Waals surface area contributed by atoms with Crippen LogP contribution in [-0.4, -0.2) is 16.5 Å². The van der Waals surface area contributed by atoms with Crippen LogP contribution >= 0.6 is 27.3 Å². The van der Waals surface area contributed by atoms with Gasteiger partial charge in [0.05, 0.1) is 11.2 Å². The molecule has 0 radical (unpaired) electrons. The molecule has 1 N–H and O–H groups in total. The van der Waals surface area contributed by atoms with Crippen LogP contribution in [0.15, 0.2) is 45.8 Å². The fourth-order valence-corrected chi connectivity index (χ4v) is 2.95. The van der Waals surface area contributed by atoms with Crippen LogP contribution in [-0.2, 0) is 6.42 Å². The van der Waals surface area contributed by atoms with E-state index < -0.39 is 0 Å². The smallest absolute Gasteiger partial charge is 0.112 e. The van der Waals surface area contributed by atoms with Crippen molar-refractivity contribution in [2.75, 3.05) is 11.9 Å². The number of thiophene rings is 1. The topological polar surface area (TPSA) is 37.8 Å².